The number of rotatable bonds is 4. The van der Waals surface area contributed by atoms with Gasteiger partial charge in [-0.2, -0.15) is 0 Å². The summed E-state index contributed by atoms with van der Waals surface area (Å²) in [6.45, 7) is 13.8. The van der Waals surface area contributed by atoms with Crippen LogP contribution in [0.1, 0.15) is 40.0 Å². The average Bonchev–Trinajstić information content (AvgIpc) is 3.15. The Labute approximate surface area is 178 Å². The predicted octanol–water partition coefficient (Wildman–Crippen LogP) is 4.88. The molecule has 2 bridgehead atoms. The smallest absolute Gasteiger partial charge is 0.310 e. The van der Waals surface area contributed by atoms with Crippen molar-refractivity contribution in [1.82, 2.24) is 0 Å². The van der Waals surface area contributed by atoms with Gasteiger partial charge < -0.3 is 9.47 Å². The number of ether oxygens (including phenoxy) is 2. The molecule has 10 atom stereocenters. The Morgan fingerprint density at radius 1 is 1.21 bits per heavy atom. The highest BCUT2D eigenvalue weighted by atomic mass is 79.9. The van der Waals surface area contributed by atoms with Gasteiger partial charge in [0.05, 0.1) is 16.7 Å². The molecule has 0 N–H and O–H groups in total. The number of carbonyl (C=O) groups is 2. The highest BCUT2D eigenvalue weighted by molar-refractivity contribution is 9.09. The zero-order valence-corrected chi connectivity index (χ0v) is 20.6. The SMILES string of the molecule is CC(C)[C@@H]1CC[C@@H](C)C[C@H]1OC(=O)[C@@H]1[C@H]2C(=O)O[C@H]3[C@H](Br)[C@@H]1[C@H]([Si](C)(C)C)[C@H]32. The third-order valence-corrected chi connectivity index (χ3v) is 12.0. The van der Waals surface area contributed by atoms with Gasteiger partial charge in [-0.15, -0.1) is 0 Å². The molecule has 0 amide bonds. The van der Waals surface area contributed by atoms with Gasteiger partial charge in [0.1, 0.15) is 12.2 Å². The molecule has 28 heavy (non-hydrogen) atoms. The third-order valence-electron chi connectivity index (χ3n) is 8.13. The maximum Gasteiger partial charge on any atom is 0.310 e. The number of alkyl halides is 1. The van der Waals surface area contributed by atoms with Gasteiger partial charge in [0, 0.05) is 14.0 Å². The molecule has 4 rings (SSSR count). The number of esters is 2. The molecule has 4 aliphatic rings. The minimum atomic E-state index is -1.56. The molecule has 0 unspecified atom stereocenters. The van der Waals surface area contributed by atoms with E-state index < -0.39 is 8.07 Å². The molecule has 3 aliphatic carbocycles. The van der Waals surface area contributed by atoms with Gasteiger partial charge in [0.2, 0.25) is 0 Å². The first-order valence-electron chi connectivity index (χ1n) is 11.1. The Kier molecular flexibility index (Phi) is 5.30. The van der Waals surface area contributed by atoms with Gasteiger partial charge in [-0.25, -0.2) is 0 Å². The van der Waals surface area contributed by atoms with Crippen molar-refractivity contribution in [3.63, 3.8) is 0 Å². The number of carbonyl (C=O) groups excluding carboxylic acids is 2. The van der Waals surface area contributed by atoms with Crippen molar-refractivity contribution in [1.29, 1.82) is 0 Å². The second kappa shape index (κ2) is 7.11. The summed E-state index contributed by atoms with van der Waals surface area (Å²) in [6.07, 6.45) is 3.22. The fraction of sp³-hybridized carbons (Fsp3) is 0.909. The second-order valence-electron chi connectivity index (χ2n) is 11.2. The molecule has 0 aromatic heterocycles. The van der Waals surface area contributed by atoms with Crippen LogP contribution >= 0.6 is 15.9 Å². The van der Waals surface area contributed by atoms with E-state index in [4.69, 9.17) is 9.47 Å². The predicted molar refractivity (Wildman–Crippen MR) is 115 cm³/mol. The summed E-state index contributed by atoms with van der Waals surface area (Å²) in [5.41, 5.74) is 0.432. The lowest BCUT2D eigenvalue weighted by Gasteiger charge is -2.38. The molecule has 158 valence electrons. The Morgan fingerprint density at radius 3 is 2.50 bits per heavy atom. The van der Waals surface area contributed by atoms with Crippen LogP contribution in [0.5, 0.6) is 0 Å². The molecule has 3 saturated carbocycles. The van der Waals surface area contributed by atoms with E-state index >= 15 is 0 Å². The monoisotopic (exact) mass is 470 g/mol. The summed E-state index contributed by atoms with van der Waals surface area (Å²) < 4.78 is 12.0. The number of hydrogen-bond donors (Lipinski definition) is 0. The fourth-order valence-electron chi connectivity index (χ4n) is 7.01. The number of halogens is 1. The minimum absolute atomic E-state index is 0.0114. The zero-order valence-electron chi connectivity index (χ0n) is 18.0. The maximum atomic E-state index is 13.5. The summed E-state index contributed by atoms with van der Waals surface area (Å²) >= 11 is 3.82. The lowest BCUT2D eigenvalue weighted by Crippen LogP contribution is -2.43. The van der Waals surface area contributed by atoms with Crippen LogP contribution in [-0.2, 0) is 19.1 Å². The lowest BCUT2D eigenvalue weighted by atomic mass is 9.75. The van der Waals surface area contributed by atoms with E-state index in [0.29, 0.717) is 23.3 Å². The highest BCUT2D eigenvalue weighted by Crippen LogP contribution is 2.68. The maximum absolute atomic E-state index is 13.5. The quantitative estimate of drug-likeness (QED) is 0.333. The molecule has 1 saturated heterocycles. The third kappa shape index (κ3) is 3.12. The second-order valence-corrected chi connectivity index (χ2v) is 17.7. The van der Waals surface area contributed by atoms with Gasteiger partial charge >= 0.3 is 11.9 Å². The first-order chi connectivity index (χ1) is 13.0. The Balaban J connectivity index is 1.60. The van der Waals surface area contributed by atoms with Gasteiger partial charge in [-0.1, -0.05) is 62.8 Å². The normalized spacial score (nSPS) is 47.5. The molecule has 4 nitrogen and oxygen atoms in total. The summed E-state index contributed by atoms with van der Waals surface area (Å²) in [5.74, 6) is 0.969. The first-order valence-corrected chi connectivity index (χ1v) is 15.6. The minimum Gasteiger partial charge on any atom is -0.462 e. The lowest BCUT2D eigenvalue weighted by molar-refractivity contribution is -0.166. The van der Waals surface area contributed by atoms with E-state index in [1.807, 2.05) is 0 Å². The standard InChI is InChI=1S/C22H35BrO4Si/c1-10(2)12-8-7-11(3)9-13(12)26-21(24)14-15-17-19(27-22(15)25)18(23)16(14)20(17)28(4,5)6/h10-20H,7-9H2,1-6H3/t11-,12+,13-,14-,15-,16-,17+,18-,19-,20+/m1/s1. The van der Waals surface area contributed by atoms with E-state index in [1.54, 1.807) is 0 Å². The number of hydrogen-bond acceptors (Lipinski definition) is 4. The van der Waals surface area contributed by atoms with E-state index in [0.717, 1.165) is 12.8 Å². The Hall–Kier alpha value is -0.363. The van der Waals surface area contributed by atoms with Crippen LogP contribution in [0.2, 0.25) is 25.2 Å². The molecule has 0 aromatic rings. The first kappa shape index (κ1) is 20.9. The fourth-order valence-corrected chi connectivity index (χ4v) is 11.5. The van der Waals surface area contributed by atoms with E-state index in [9.17, 15) is 9.59 Å². The van der Waals surface area contributed by atoms with Gasteiger partial charge in [0.25, 0.3) is 0 Å². The van der Waals surface area contributed by atoms with Crippen molar-refractivity contribution in [2.75, 3.05) is 0 Å². The van der Waals surface area contributed by atoms with Crippen LogP contribution in [0.15, 0.2) is 0 Å². The molecule has 1 aliphatic heterocycles. The molecular weight excluding hydrogens is 436 g/mol. The molecule has 6 heteroatoms. The molecule has 0 radical (unpaired) electrons. The van der Waals surface area contributed by atoms with Crippen LogP contribution in [0, 0.1) is 41.4 Å². The van der Waals surface area contributed by atoms with E-state index in [-0.39, 0.29) is 52.6 Å². The summed E-state index contributed by atoms with van der Waals surface area (Å²) in [5, 5.41) is 0. The van der Waals surface area contributed by atoms with Crippen LogP contribution in [0.25, 0.3) is 0 Å². The Morgan fingerprint density at radius 2 is 1.89 bits per heavy atom. The van der Waals surface area contributed by atoms with Crippen molar-refractivity contribution < 1.29 is 19.1 Å². The van der Waals surface area contributed by atoms with Crippen molar-refractivity contribution >= 4 is 35.9 Å². The summed E-state index contributed by atoms with van der Waals surface area (Å²) in [4.78, 5) is 26.3. The van der Waals surface area contributed by atoms with Crippen molar-refractivity contribution in [3.05, 3.63) is 0 Å². The van der Waals surface area contributed by atoms with Crippen LogP contribution in [0.3, 0.4) is 0 Å². The zero-order chi connectivity index (χ0) is 20.5. The van der Waals surface area contributed by atoms with Crippen molar-refractivity contribution in [2.24, 2.45) is 41.4 Å². The van der Waals surface area contributed by atoms with Gasteiger partial charge in [0.15, 0.2) is 0 Å². The molecule has 1 heterocycles. The summed E-state index contributed by atoms with van der Waals surface area (Å²) in [6, 6.07) is 0. The van der Waals surface area contributed by atoms with Gasteiger partial charge in [-0.3, -0.25) is 9.59 Å². The molecule has 0 aromatic carbocycles. The van der Waals surface area contributed by atoms with Crippen LogP contribution in [0.4, 0.5) is 0 Å². The average molecular weight is 472 g/mol. The van der Waals surface area contributed by atoms with Crippen LogP contribution in [-0.4, -0.2) is 37.0 Å². The number of fused-ring (bicyclic) bond motifs is 1. The van der Waals surface area contributed by atoms with Crippen LogP contribution < -0.4 is 0 Å². The largest absolute Gasteiger partial charge is 0.462 e. The highest BCUT2D eigenvalue weighted by Gasteiger charge is 2.74. The molecular formula is C22H35BrO4Si. The Bertz CT molecular complexity index is 659. The van der Waals surface area contributed by atoms with E-state index in [2.05, 4.69) is 56.3 Å². The van der Waals surface area contributed by atoms with Crippen molar-refractivity contribution in [3.8, 4) is 0 Å². The molecule has 0 spiro atoms. The molecule has 4 fully saturated rings. The topological polar surface area (TPSA) is 52.6 Å². The summed E-state index contributed by atoms with van der Waals surface area (Å²) in [7, 11) is -1.56. The van der Waals surface area contributed by atoms with Crippen molar-refractivity contribution in [2.45, 2.75) is 82.3 Å². The van der Waals surface area contributed by atoms with Gasteiger partial charge in [-0.05, 0) is 42.1 Å². The van der Waals surface area contributed by atoms with E-state index in [1.165, 1.54) is 6.42 Å².